The van der Waals surface area contributed by atoms with E-state index in [1.807, 2.05) is 0 Å². The van der Waals surface area contributed by atoms with Crippen LogP contribution in [0.15, 0.2) is 18.2 Å². The van der Waals surface area contributed by atoms with Crippen molar-refractivity contribution in [1.29, 1.82) is 0 Å². The maximum atomic E-state index is 12.7. The van der Waals surface area contributed by atoms with Crippen LogP contribution in [0.1, 0.15) is 5.56 Å². The van der Waals surface area contributed by atoms with Crippen molar-refractivity contribution >= 4 is 11.9 Å². The van der Waals surface area contributed by atoms with E-state index in [-0.39, 0.29) is 64.7 Å². The number of benzene rings is 1. The molecular formula is C10H6F2Na2O5. The summed E-state index contributed by atoms with van der Waals surface area (Å²) in [5.74, 6) is -5.77. The second-order valence-electron chi connectivity index (χ2n) is 3.11. The van der Waals surface area contributed by atoms with Gasteiger partial charge in [-0.2, -0.15) is 0 Å². The maximum Gasteiger partial charge on any atom is 1.00 e. The molecule has 0 amide bonds. The monoisotopic (exact) mass is 290 g/mol. The van der Waals surface area contributed by atoms with Crippen molar-refractivity contribution in [2.24, 2.45) is 0 Å². The van der Waals surface area contributed by atoms with Crippen LogP contribution < -0.4 is 69.3 Å². The molecule has 0 aromatic heterocycles. The van der Waals surface area contributed by atoms with Crippen LogP contribution in [-0.2, 0) is 20.9 Å². The van der Waals surface area contributed by atoms with Crippen LogP contribution >= 0.6 is 0 Å². The molecule has 0 N–H and O–H groups in total. The largest absolute Gasteiger partial charge is 1.00 e. The summed E-state index contributed by atoms with van der Waals surface area (Å²) < 4.78 is 29.8. The number of carbonyl (C=O) groups is 2. The molecule has 0 bridgehead atoms. The van der Waals surface area contributed by atoms with E-state index in [0.29, 0.717) is 6.07 Å². The molecule has 0 fully saturated rings. The van der Waals surface area contributed by atoms with Gasteiger partial charge in [0.1, 0.15) is 17.7 Å². The average molecular weight is 290 g/mol. The smallest absolute Gasteiger partial charge is 0.547 e. The Morgan fingerprint density at radius 3 is 1.84 bits per heavy atom. The van der Waals surface area contributed by atoms with E-state index in [0.717, 1.165) is 12.1 Å². The Morgan fingerprint density at radius 1 is 1.05 bits per heavy atom. The Morgan fingerprint density at radius 2 is 1.47 bits per heavy atom. The number of hydrogen-bond donors (Lipinski definition) is 0. The molecule has 1 aromatic rings. The fourth-order valence-electron chi connectivity index (χ4n) is 1.11. The van der Waals surface area contributed by atoms with Crippen molar-refractivity contribution in [3.63, 3.8) is 0 Å². The third kappa shape index (κ3) is 7.36. The van der Waals surface area contributed by atoms with Crippen molar-refractivity contribution in [3.8, 4) is 0 Å². The van der Waals surface area contributed by atoms with Crippen LogP contribution in [0.5, 0.6) is 0 Å². The summed E-state index contributed by atoms with van der Waals surface area (Å²) in [6.07, 6.45) is -2.29. The summed E-state index contributed by atoms with van der Waals surface area (Å²) in [5.41, 5.74) is -0.0463. The Labute approximate surface area is 151 Å². The number of hydrogen-bond acceptors (Lipinski definition) is 5. The molecule has 0 saturated heterocycles. The Kier molecular flexibility index (Phi) is 11.0. The zero-order chi connectivity index (χ0) is 13.0. The molecule has 0 aliphatic rings. The molecule has 92 valence electrons. The molecule has 0 aliphatic carbocycles. The average Bonchev–Trinajstić information content (AvgIpc) is 2.14. The van der Waals surface area contributed by atoms with E-state index in [1.165, 1.54) is 0 Å². The molecule has 0 radical (unpaired) electrons. The summed E-state index contributed by atoms with van der Waals surface area (Å²) in [6, 6.07) is 2.37. The third-order valence-corrected chi connectivity index (χ3v) is 1.77. The molecule has 0 atom stereocenters. The van der Waals surface area contributed by atoms with E-state index in [9.17, 15) is 28.6 Å². The van der Waals surface area contributed by atoms with Gasteiger partial charge in [-0.1, -0.05) is 0 Å². The quantitative estimate of drug-likeness (QED) is 0.397. The van der Waals surface area contributed by atoms with Crippen LogP contribution in [0, 0.1) is 11.6 Å². The number of halogens is 2. The predicted octanol–water partition coefficient (Wildman–Crippen LogP) is -7.64. The molecular weight excluding hydrogens is 284 g/mol. The molecule has 1 aromatic carbocycles. The summed E-state index contributed by atoms with van der Waals surface area (Å²) in [7, 11) is 0. The van der Waals surface area contributed by atoms with Crippen LogP contribution in [0.4, 0.5) is 8.78 Å². The normalized spacial score (nSPS) is 9.42. The van der Waals surface area contributed by atoms with Crippen molar-refractivity contribution in [3.05, 3.63) is 35.4 Å². The van der Waals surface area contributed by atoms with Gasteiger partial charge in [0.25, 0.3) is 0 Å². The van der Waals surface area contributed by atoms with Gasteiger partial charge in [-0.25, -0.2) is 8.78 Å². The minimum absolute atomic E-state index is 0. The standard InChI is InChI=1S/C10H8F2O5.2Na/c11-6-1-5(2-7(12)3-6)4-17-8(9(13)14)10(15)16;;/h1-3,8H,4H2,(H,13,14)(H,15,16);;/q;2*+1/p-2. The summed E-state index contributed by atoms with van der Waals surface area (Å²) in [5, 5.41) is 20.6. The predicted molar refractivity (Wildman–Crippen MR) is 44.9 cm³/mol. The van der Waals surface area contributed by atoms with Crippen molar-refractivity contribution < 1.29 is 92.4 Å². The van der Waals surface area contributed by atoms with Crippen LogP contribution in [-0.4, -0.2) is 18.0 Å². The molecule has 0 aliphatic heterocycles. The molecule has 0 spiro atoms. The van der Waals surface area contributed by atoms with Crippen LogP contribution in [0.25, 0.3) is 0 Å². The molecule has 0 heterocycles. The van der Waals surface area contributed by atoms with E-state index in [2.05, 4.69) is 4.74 Å². The van der Waals surface area contributed by atoms with Crippen molar-refractivity contribution in [2.75, 3.05) is 0 Å². The van der Waals surface area contributed by atoms with Gasteiger partial charge in [0.2, 0.25) is 0 Å². The molecule has 1 rings (SSSR count). The van der Waals surface area contributed by atoms with E-state index >= 15 is 0 Å². The van der Waals surface area contributed by atoms with Gasteiger partial charge in [0.15, 0.2) is 0 Å². The minimum atomic E-state index is -2.29. The third-order valence-electron chi connectivity index (χ3n) is 1.77. The van der Waals surface area contributed by atoms with Crippen molar-refractivity contribution in [2.45, 2.75) is 12.7 Å². The first-order valence-corrected chi connectivity index (χ1v) is 4.38. The molecule has 0 saturated carbocycles. The second-order valence-corrected chi connectivity index (χ2v) is 3.11. The topological polar surface area (TPSA) is 89.5 Å². The molecule has 5 nitrogen and oxygen atoms in total. The van der Waals surface area contributed by atoms with Gasteiger partial charge in [0.05, 0.1) is 18.5 Å². The zero-order valence-corrected chi connectivity index (χ0v) is 14.3. The van der Waals surface area contributed by atoms with Crippen LogP contribution in [0.3, 0.4) is 0 Å². The Bertz CT molecular complexity index is 421. The molecule has 9 heteroatoms. The fourth-order valence-corrected chi connectivity index (χ4v) is 1.11. The maximum absolute atomic E-state index is 12.7. The number of ether oxygens (including phenoxy) is 1. The van der Waals surface area contributed by atoms with Gasteiger partial charge < -0.3 is 24.5 Å². The first kappa shape index (κ1) is 21.3. The molecule has 0 unspecified atom stereocenters. The number of carbonyl (C=O) groups excluding carboxylic acids is 2. The van der Waals surface area contributed by atoms with E-state index < -0.39 is 36.3 Å². The Hall–Kier alpha value is -0.0200. The number of rotatable bonds is 5. The first-order chi connectivity index (χ1) is 7.90. The van der Waals surface area contributed by atoms with Gasteiger partial charge in [-0.3, -0.25) is 0 Å². The van der Waals surface area contributed by atoms with Gasteiger partial charge in [-0.15, -0.1) is 0 Å². The summed E-state index contributed by atoms with van der Waals surface area (Å²) >= 11 is 0. The van der Waals surface area contributed by atoms with E-state index in [1.54, 1.807) is 0 Å². The fraction of sp³-hybridized carbons (Fsp3) is 0.200. The van der Waals surface area contributed by atoms with Gasteiger partial charge >= 0.3 is 59.1 Å². The zero-order valence-electron chi connectivity index (χ0n) is 10.3. The molecule has 19 heavy (non-hydrogen) atoms. The van der Waals surface area contributed by atoms with Gasteiger partial charge in [-0.05, 0) is 17.7 Å². The first-order valence-electron chi connectivity index (χ1n) is 4.38. The van der Waals surface area contributed by atoms with Crippen molar-refractivity contribution in [1.82, 2.24) is 0 Å². The van der Waals surface area contributed by atoms with E-state index in [4.69, 9.17) is 0 Å². The van der Waals surface area contributed by atoms with Crippen LogP contribution in [0.2, 0.25) is 0 Å². The summed E-state index contributed by atoms with van der Waals surface area (Å²) in [4.78, 5) is 20.6. The minimum Gasteiger partial charge on any atom is -0.547 e. The number of carboxylic acid groups (broad SMARTS) is 2. The second kappa shape index (κ2) is 9.82. The Balaban J connectivity index is 0. The number of carboxylic acids is 2. The SMILES string of the molecule is O=C([O-])C(OCc1cc(F)cc(F)c1)C(=O)[O-].[Na+].[Na+]. The van der Waals surface area contributed by atoms with Gasteiger partial charge in [0, 0.05) is 6.07 Å². The number of aliphatic carboxylic acids is 2. The summed E-state index contributed by atoms with van der Waals surface area (Å²) in [6.45, 7) is -0.596.